The number of hydrogen-bond donors (Lipinski definition) is 0. The molecule has 0 aliphatic carbocycles. The lowest BCUT2D eigenvalue weighted by molar-refractivity contribution is 0.340. The van der Waals surface area contributed by atoms with Gasteiger partial charge in [0.1, 0.15) is 5.75 Å². The molecule has 0 saturated heterocycles. The van der Waals surface area contributed by atoms with Gasteiger partial charge in [-0.05, 0) is 30.9 Å². The molecule has 4 heteroatoms. The largest absolute Gasteiger partial charge is 0.492 e. The molecule has 0 heterocycles. The molecule has 0 bridgehead atoms. The Kier molecular flexibility index (Phi) is 8.09. The highest BCUT2D eigenvalue weighted by molar-refractivity contribution is 6.35. The van der Waals surface area contributed by atoms with Gasteiger partial charge in [-0.2, -0.15) is 0 Å². The lowest BCUT2D eigenvalue weighted by Gasteiger charge is -2.22. The van der Waals surface area contributed by atoms with Gasteiger partial charge in [0.05, 0.1) is 17.0 Å². The van der Waals surface area contributed by atoms with E-state index in [0.29, 0.717) is 28.3 Å². The van der Waals surface area contributed by atoms with E-state index in [1.165, 1.54) is 12.8 Å². The Morgan fingerprint density at radius 2 is 1.80 bits per heavy atom. The molecular formula is C16H23Cl3O. The maximum Gasteiger partial charge on any atom is 0.139 e. The average Bonchev–Trinajstić information content (AvgIpc) is 2.43. The second kappa shape index (κ2) is 9.02. The van der Waals surface area contributed by atoms with E-state index in [9.17, 15) is 0 Å². The molecule has 1 aromatic carbocycles. The molecule has 1 nitrogen and oxygen atoms in total. The summed E-state index contributed by atoms with van der Waals surface area (Å²) in [6.07, 6.45) is 4.51. The van der Waals surface area contributed by atoms with E-state index in [2.05, 4.69) is 13.8 Å². The van der Waals surface area contributed by atoms with Crippen molar-refractivity contribution < 1.29 is 4.74 Å². The van der Waals surface area contributed by atoms with Crippen molar-refractivity contribution in [2.24, 2.45) is 5.92 Å². The quantitative estimate of drug-likeness (QED) is 0.469. The predicted molar refractivity (Wildman–Crippen MR) is 89.5 cm³/mol. The second-order valence-corrected chi connectivity index (χ2v) is 6.23. The number of ether oxygens (including phenoxy) is 1. The first-order chi connectivity index (χ1) is 9.54. The highest BCUT2D eigenvalue weighted by Gasteiger charge is 2.22. The Morgan fingerprint density at radius 1 is 1.10 bits per heavy atom. The van der Waals surface area contributed by atoms with Gasteiger partial charge >= 0.3 is 0 Å². The fourth-order valence-corrected chi connectivity index (χ4v) is 3.34. The van der Waals surface area contributed by atoms with Crippen LogP contribution in [0, 0.1) is 5.92 Å². The Morgan fingerprint density at radius 3 is 2.35 bits per heavy atom. The minimum absolute atomic E-state index is 0.104. The Bertz CT molecular complexity index is 420. The van der Waals surface area contributed by atoms with Gasteiger partial charge in [0.25, 0.3) is 0 Å². The number of alkyl halides is 1. The molecule has 2 unspecified atom stereocenters. The van der Waals surface area contributed by atoms with Crippen LogP contribution in [-0.4, -0.2) is 6.61 Å². The van der Waals surface area contributed by atoms with Gasteiger partial charge in [0.15, 0.2) is 0 Å². The van der Waals surface area contributed by atoms with E-state index in [1.807, 2.05) is 13.0 Å². The van der Waals surface area contributed by atoms with Gasteiger partial charge in [-0.3, -0.25) is 0 Å². The minimum Gasteiger partial charge on any atom is -0.492 e. The topological polar surface area (TPSA) is 9.23 Å². The Balaban J connectivity index is 2.96. The second-order valence-electron chi connectivity index (χ2n) is 4.95. The van der Waals surface area contributed by atoms with Crippen LogP contribution >= 0.6 is 34.8 Å². The van der Waals surface area contributed by atoms with Crippen molar-refractivity contribution >= 4 is 34.8 Å². The number of halogens is 3. The fraction of sp³-hybridized carbons (Fsp3) is 0.625. The summed E-state index contributed by atoms with van der Waals surface area (Å²) in [5.41, 5.74) is 0.907. The molecule has 0 radical (unpaired) electrons. The average molecular weight is 338 g/mol. The van der Waals surface area contributed by atoms with Crippen LogP contribution in [0.3, 0.4) is 0 Å². The molecule has 0 aromatic heterocycles. The van der Waals surface area contributed by atoms with Gasteiger partial charge in [-0.15, -0.1) is 11.6 Å². The smallest absolute Gasteiger partial charge is 0.139 e. The van der Waals surface area contributed by atoms with Crippen LogP contribution in [0.1, 0.15) is 57.4 Å². The van der Waals surface area contributed by atoms with E-state index in [1.54, 1.807) is 6.07 Å². The maximum absolute atomic E-state index is 6.63. The van der Waals surface area contributed by atoms with Crippen molar-refractivity contribution in [3.8, 4) is 5.75 Å². The zero-order valence-electron chi connectivity index (χ0n) is 12.4. The minimum atomic E-state index is -0.104. The third kappa shape index (κ3) is 4.72. The van der Waals surface area contributed by atoms with E-state index in [0.717, 1.165) is 18.4 Å². The summed E-state index contributed by atoms with van der Waals surface area (Å²) in [5, 5.41) is 1.10. The molecular weight excluding hydrogens is 315 g/mol. The first-order valence-electron chi connectivity index (χ1n) is 7.30. The summed E-state index contributed by atoms with van der Waals surface area (Å²) in [6, 6.07) is 3.62. The number of hydrogen-bond acceptors (Lipinski definition) is 1. The molecule has 0 spiro atoms. The Hall–Kier alpha value is -0.110. The van der Waals surface area contributed by atoms with Crippen LogP contribution in [0.5, 0.6) is 5.75 Å². The summed E-state index contributed by atoms with van der Waals surface area (Å²) in [4.78, 5) is 0. The molecule has 0 aliphatic rings. The maximum atomic E-state index is 6.63. The lowest BCUT2D eigenvalue weighted by Crippen LogP contribution is -2.08. The molecule has 0 amide bonds. The molecule has 114 valence electrons. The first-order valence-corrected chi connectivity index (χ1v) is 8.50. The lowest BCUT2D eigenvalue weighted by atomic mass is 9.91. The van der Waals surface area contributed by atoms with E-state index < -0.39 is 0 Å². The van der Waals surface area contributed by atoms with Crippen LogP contribution in [0.4, 0.5) is 0 Å². The zero-order valence-corrected chi connectivity index (χ0v) is 14.7. The van der Waals surface area contributed by atoms with Crippen molar-refractivity contribution in [3.05, 3.63) is 27.7 Å². The third-order valence-electron chi connectivity index (χ3n) is 3.51. The van der Waals surface area contributed by atoms with Crippen molar-refractivity contribution in [2.75, 3.05) is 6.61 Å². The van der Waals surface area contributed by atoms with Gasteiger partial charge in [0.2, 0.25) is 0 Å². The standard InChI is InChI=1S/C16H23Cl3O/c1-4-7-8-11(5-2)16(19)12-9-14(18)15(20-6-3)10-13(12)17/h9-11,16H,4-8H2,1-3H3. The summed E-state index contributed by atoms with van der Waals surface area (Å²) in [7, 11) is 0. The highest BCUT2D eigenvalue weighted by atomic mass is 35.5. The number of benzene rings is 1. The summed E-state index contributed by atoms with van der Waals surface area (Å²) >= 11 is 19.2. The first kappa shape index (κ1) is 17.9. The number of rotatable bonds is 8. The van der Waals surface area contributed by atoms with Crippen LogP contribution < -0.4 is 4.74 Å². The molecule has 1 aromatic rings. The van der Waals surface area contributed by atoms with Gasteiger partial charge < -0.3 is 4.74 Å². The zero-order chi connectivity index (χ0) is 15.1. The van der Waals surface area contributed by atoms with Gasteiger partial charge in [0, 0.05) is 11.1 Å². The van der Waals surface area contributed by atoms with Crippen molar-refractivity contribution in [2.45, 2.75) is 51.8 Å². The van der Waals surface area contributed by atoms with E-state index in [4.69, 9.17) is 39.5 Å². The SMILES string of the molecule is CCCCC(CC)C(Cl)c1cc(Cl)c(OCC)cc1Cl. The Labute approximate surface area is 137 Å². The summed E-state index contributed by atoms with van der Waals surface area (Å²) in [5.74, 6) is 1.04. The van der Waals surface area contributed by atoms with Crippen LogP contribution in [-0.2, 0) is 0 Å². The molecule has 0 fully saturated rings. The number of unbranched alkanes of at least 4 members (excludes halogenated alkanes) is 1. The molecule has 0 N–H and O–H groups in total. The van der Waals surface area contributed by atoms with Crippen molar-refractivity contribution in [3.63, 3.8) is 0 Å². The monoisotopic (exact) mass is 336 g/mol. The summed E-state index contributed by atoms with van der Waals surface area (Å²) < 4.78 is 5.44. The van der Waals surface area contributed by atoms with E-state index >= 15 is 0 Å². The normalized spacial score (nSPS) is 14.1. The van der Waals surface area contributed by atoms with Crippen molar-refractivity contribution in [1.29, 1.82) is 0 Å². The summed E-state index contributed by atoms with van der Waals surface area (Å²) in [6.45, 7) is 6.84. The molecule has 0 aliphatic heterocycles. The molecule has 1 rings (SSSR count). The fourth-order valence-electron chi connectivity index (χ4n) is 2.30. The highest BCUT2D eigenvalue weighted by Crippen LogP contribution is 2.41. The van der Waals surface area contributed by atoms with Gasteiger partial charge in [-0.25, -0.2) is 0 Å². The molecule has 2 atom stereocenters. The predicted octanol–water partition coefficient (Wildman–Crippen LogP) is 6.89. The molecule has 0 saturated carbocycles. The van der Waals surface area contributed by atoms with Crippen LogP contribution in [0.15, 0.2) is 12.1 Å². The van der Waals surface area contributed by atoms with E-state index in [-0.39, 0.29) is 5.38 Å². The van der Waals surface area contributed by atoms with Crippen LogP contribution in [0.25, 0.3) is 0 Å². The molecule has 20 heavy (non-hydrogen) atoms. The van der Waals surface area contributed by atoms with Crippen molar-refractivity contribution in [1.82, 2.24) is 0 Å². The van der Waals surface area contributed by atoms with Crippen LogP contribution in [0.2, 0.25) is 10.0 Å². The van der Waals surface area contributed by atoms with Gasteiger partial charge in [-0.1, -0.05) is 56.3 Å². The third-order valence-corrected chi connectivity index (χ3v) is 4.73.